The van der Waals surface area contributed by atoms with Gasteiger partial charge in [-0.25, -0.2) is 4.99 Å². The second-order valence-corrected chi connectivity index (χ2v) is 9.40. The van der Waals surface area contributed by atoms with Crippen molar-refractivity contribution < 1.29 is 14.3 Å². The first-order valence-corrected chi connectivity index (χ1v) is 11.7. The third-order valence-electron chi connectivity index (χ3n) is 4.25. The minimum absolute atomic E-state index is 0.0740. The monoisotopic (exact) mass is 576 g/mol. The Morgan fingerprint density at radius 3 is 2.80 bits per heavy atom. The van der Waals surface area contributed by atoms with Crippen molar-refractivity contribution in [2.45, 2.75) is 26.4 Å². The van der Waals surface area contributed by atoms with Crippen LogP contribution in [0.15, 0.2) is 40.2 Å². The predicted octanol–water partition coefficient (Wildman–Crippen LogP) is 6.68. The van der Waals surface area contributed by atoms with Gasteiger partial charge in [0.15, 0.2) is 16.7 Å². The van der Waals surface area contributed by atoms with Gasteiger partial charge >= 0.3 is 0 Å². The summed E-state index contributed by atoms with van der Waals surface area (Å²) in [6.45, 7) is 4.08. The highest BCUT2D eigenvalue weighted by atomic mass is 127. The molecule has 158 valence electrons. The summed E-state index contributed by atoms with van der Waals surface area (Å²) in [6.07, 6.45) is 2.75. The summed E-state index contributed by atoms with van der Waals surface area (Å²) in [5.74, 6) is 1.10. The first-order valence-electron chi connectivity index (χ1n) is 9.10. The molecule has 0 aliphatic carbocycles. The number of ether oxygens (including phenoxy) is 2. The normalized spacial score (nSPS) is 17.3. The third-order valence-corrected chi connectivity index (χ3v) is 6.77. The molecular weight excluding hydrogens is 558 g/mol. The molecule has 1 heterocycles. The van der Waals surface area contributed by atoms with E-state index in [0.717, 1.165) is 15.6 Å². The van der Waals surface area contributed by atoms with E-state index in [9.17, 15) is 4.79 Å². The highest BCUT2D eigenvalue weighted by Crippen LogP contribution is 2.38. The van der Waals surface area contributed by atoms with E-state index in [2.05, 4.69) is 39.8 Å². The zero-order valence-electron chi connectivity index (χ0n) is 16.5. The summed E-state index contributed by atoms with van der Waals surface area (Å²) in [5, 5.41) is 3.94. The van der Waals surface area contributed by atoms with Crippen LogP contribution in [0.5, 0.6) is 11.5 Å². The molecule has 0 aromatic heterocycles. The number of carbonyl (C=O) groups excluding carboxylic acids is 1. The van der Waals surface area contributed by atoms with E-state index in [-0.39, 0.29) is 12.0 Å². The van der Waals surface area contributed by atoms with Crippen molar-refractivity contribution in [1.29, 1.82) is 0 Å². The molecule has 1 atom stereocenters. The molecule has 1 aliphatic heterocycles. The van der Waals surface area contributed by atoms with Gasteiger partial charge in [-0.3, -0.25) is 4.79 Å². The highest BCUT2D eigenvalue weighted by Gasteiger charge is 2.25. The molecular formula is C21H19Cl2IN2O3S. The number of nitrogens with one attached hydrogen (secondary N) is 1. The van der Waals surface area contributed by atoms with Crippen LogP contribution in [0.4, 0.5) is 5.69 Å². The molecule has 3 rings (SSSR count). The largest absolute Gasteiger partial charge is 0.493 e. The van der Waals surface area contributed by atoms with Gasteiger partial charge in [-0.2, -0.15) is 0 Å². The van der Waals surface area contributed by atoms with Crippen LogP contribution in [-0.2, 0) is 4.79 Å². The lowest BCUT2D eigenvalue weighted by atomic mass is 10.2. The molecule has 1 saturated heterocycles. The summed E-state index contributed by atoms with van der Waals surface area (Å²) in [4.78, 5) is 17.4. The van der Waals surface area contributed by atoms with E-state index in [0.29, 0.717) is 37.3 Å². The molecule has 2 aromatic rings. The maximum atomic E-state index is 12.4. The van der Waals surface area contributed by atoms with E-state index in [4.69, 9.17) is 32.7 Å². The number of rotatable bonds is 6. The maximum absolute atomic E-state index is 12.4. The first kappa shape index (κ1) is 23.2. The number of thioether (sulfide) groups is 1. The fraction of sp³-hybridized carbons (Fsp3) is 0.238. The molecule has 2 aromatic carbocycles. The van der Waals surface area contributed by atoms with Crippen LogP contribution < -0.4 is 14.8 Å². The lowest BCUT2D eigenvalue weighted by molar-refractivity contribution is -0.115. The molecule has 0 spiro atoms. The van der Waals surface area contributed by atoms with E-state index in [1.807, 2.05) is 19.1 Å². The van der Waals surface area contributed by atoms with Crippen molar-refractivity contribution in [1.82, 2.24) is 5.32 Å². The third kappa shape index (κ3) is 5.43. The topological polar surface area (TPSA) is 59.9 Å². The van der Waals surface area contributed by atoms with Gasteiger partial charge in [-0.1, -0.05) is 36.2 Å². The second-order valence-electron chi connectivity index (χ2n) is 6.43. The van der Waals surface area contributed by atoms with Crippen LogP contribution in [0.25, 0.3) is 6.08 Å². The van der Waals surface area contributed by atoms with Gasteiger partial charge < -0.3 is 14.8 Å². The zero-order valence-corrected chi connectivity index (χ0v) is 20.9. The molecule has 0 bridgehead atoms. The Bertz CT molecular complexity index is 1040. The minimum Gasteiger partial charge on any atom is -0.493 e. The lowest BCUT2D eigenvalue weighted by Gasteiger charge is -2.17. The minimum atomic E-state index is -0.231. The average molecular weight is 577 g/mol. The number of benzene rings is 2. The molecule has 1 fully saturated rings. The number of methoxy groups -OCH3 is 1. The second kappa shape index (κ2) is 10.3. The lowest BCUT2D eigenvalue weighted by Crippen LogP contribution is -2.19. The zero-order chi connectivity index (χ0) is 21.8. The summed E-state index contributed by atoms with van der Waals surface area (Å²) >= 11 is 15.7. The van der Waals surface area contributed by atoms with Gasteiger partial charge in [-0.05, 0) is 83.6 Å². The van der Waals surface area contributed by atoms with E-state index < -0.39 is 0 Å². The summed E-state index contributed by atoms with van der Waals surface area (Å²) in [5.41, 5.74) is 1.32. The molecule has 1 N–H and O–H groups in total. The Labute approximate surface area is 203 Å². The van der Waals surface area contributed by atoms with Gasteiger partial charge in [0.2, 0.25) is 0 Å². The van der Waals surface area contributed by atoms with Gasteiger partial charge in [0, 0.05) is 0 Å². The standard InChI is InChI=1S/C21H19Cl2IN2O3S/c1-4-11(2)29-19-14(24)8-12(9-16(19)28-3)10-17-20(27)26-21(30-17)25-15-7-5-6-13(22)18(15)23/h5-11H,4H2,1-3H3,(H,25,26,27)/b17-10+/t11-/m0/s1. The van der Waals surface area contributed by atoms with E-state index >= 15 is 0 Å². The van der Waals surface area contributed by atoms with E-state index in [1.165, 1.54) is 11.8 Å². The number of aliphatic imine (C=N–C) groups is 1. The number of amides is 1. The maximum Gasteiger partial charge on any atom is 0.264 e. The summed E-state index contributed by atoms with van der Waals surface area (Å²) < 4.78 is 12.4. The highest BCUT2D eigenvalue weighted by molar-refractivity contribution is 14.1. The fourth-order valence-corrected chi connectivity index (χ4v) is 4.47. The quantitative estimate of drug-likeness (QED) is 0.308. The Morgan fingerprint density at radius 2 is 2.10 bits per heavy atom. The number of hydrogen-bond acceptors (Lipinski definition) is 5. The summed E-state index contributed by atoms with van der Waals surface area (Å²) in [6, 6.07) is 8.97. The first-order chi connectivity index (χ1) is 14.3. The molecule has 5 nitrogen and oxygen atoms in total. The van der Waals surface area contributed by atoms with Gasteiger partial charge in [0.25, 0.3) is 5.91 Å². The van der Waals surface area contributed by atoms with Crippen LogP contribution in [0.1, 0.15) is 25.8 Å². The molecule has 30 heavy (non-hydrogen) atoms. The van der Waals surface area contributed by atoms with Crippen molar-refractivity contribution in [3.05, 3.63) is 54.4 Å². The van der Waals surface area contributed by atoms with Gasteiger partial charge in [0.1, 0.15) is 0 Å². The smallest absolute Gasteiger partial charge is 0.264 e. The van der Waals surface area contributed by atoms with Gasteiger partial charge in [-0.15, -0.1) is 0 Å². The Kier molecular flexibility index (Phi) is 7.95. The van der Waals surface area contributed by atoms with Crippen LogP contribution in [0.3, 0.4) is 0 Å². The van der Waals surface area contributed by atoms with Crippen molar-refractivity contribution in [2.24, 2.45) is 4.99 Å². The number of amidine groups is 1. The van der Waals surface area contributed by atoms with Crippen LogP contribution >= 0.6 is 57.6 Å². The fourth-order valence-electron chi connectivity index (χ4n) is 2.54. The SMILES string of the molecule is CC[C@H](C)Oc1c(I)cc(/C=C2/SC(=Nc3cccc(Cl)c3Cl)NC2=O)cc1OC. The van der Waals surface area contributed by atoms with Gasteiger partial charge in [0.05, 0.1) is 37.4 Å². The predicted molar refractivity (Wildman–Crippen MR) is 133 cm³/mol. The number of nitrogens with zero attached hydrogens (tertiary/aromatic N) is 1. The van der Waals surface area contributed by atoms with Crippen molar-refractivity contribution >= 4 is 80.4 Å². The van der Waals surface area contributed by atoms with Crippen molar-refractivity contribution in [3.63, 3.8) is 0 Å². The Balaban J connectivity index is 1.88. The van der Waals surface area contributed by atoms with Crippen LogP contribution in [0, 0.1) is 3.57 Å². The molecule has 1 aliphatic rings. The summed E-state index contributed by atoms with van der Waals surface area (Å²) in [7, 11) is 1.60. The molecule has 9 heteroatoms. The molecule has 0 saturated carbocycles. The van der Waals surface area contributed by atoms with E-state index in [1.54, 1.807) is 31.4 Å². The van der Waals surface area contributed by atoms with Crippen molar-refractivity contribution in [3.8, 4) is 11.5 Å². The molecule has 0 unspecified atom stereocenters. The number of carbonyl (C=O) groups is 1. The average Bonchev–Trinajstić information content (AvgIpc) is 3.05. The molecule has 1 amide bonds. The Hall–Kier alpha value is -1.42. The van der Waals surface area contributed by atoms with Crippen molar-refractivity contribution in [2.75, 3.05) is 7.11 Å². The van der Waals surface area contributed by atoms with Crippen LogP contribution in [-0.4, -0.2) is 24.3 Å². The van der Waals surface area contributed by atoms with Crippen LogP contribution in [0.2, 0.25) is 10.0 Å². The Morgan fingerprint density at radius 1 is 1.33 bits per heavy atom. The number of hydrogen-bond donors (Lipinski definition) is 1. The number of halogens is 3. The molecule has 0 radical (unpaired) electrons.